The van der Waals surface area contributed by atoms with Crippen molar-refractivity contribution in [3.05, 3.63) is 63.3 Å². The number of benzene rings is 2. The van der Waals surface area contributed by atoms with Crippen LogP contribution >= 0.6 is 27.5 Å². The molecule has 1 heterocycles. The van der Waals surface area contributed by atoms with E-state index < -0.39 is 11.9 Å². The van der Waals surface area contributed by atoms with Crippen LogP contribution in [0.2, 0.25) is 5.02 Å². The molecule has 0 bridgehead atoms. The molecule has 2 aromatic carbocycles. The highest BCUT2D eigenvalue weighted by Gasteiger charge is 2.31. The first-order chi connectivity index (χ1) is 11.0. The number of hydrogen-bond acceptors (Lipinski definition) is 3. The lowest BCUT2D eigenvalue weighted by Crippen LogP contribution is -2.39. The minimum Gasteiger partial charge on any atom is -0.322 e. The molecule has 7 heteroatoms. The maximum absolute atomic E-state index is 13.8. The fourth-order valence-corrected chi connectivity index (χ4v) is 3.10. The summed E-state index contributed by atoms with van der Waals surface area (Å²) in [6.07, 6.45) is 0.522. The monoisotopic (exact) mass is 397 g/mol. The standard InChI is InChI=1S/C16H14BrClFN3O/c17-9-5-6-13(12(19)7-9)20-16(23)15-8-14(21-22-15)10-3-1-2-4-11(10)18/h1-7,14-15,21-22H,8H2,(H,20,23). The number of nitrogens with one attached hydrogen (secondary N) is 3. The lowest BCUT2D eigenvalue weighted by molar-refractivity contribution is -0.117. The van der Waals surface area contributed by atoms with Crippen molar-refractivity contribution in [2.24, 2.45) is 0 Å². The second-order valence-electron chi connectivity index (χ2n) is 5.26. The average Bonchev–Trinajstić information content (AvgIpc) is 3.00. The van der Waals surface area contributed by atoms with Crippen LogP contribution in [-0.2, 0) is 4.79 Å². The summed E-state index contributed by atoms with van der Waals surface area (Å²) in [5.74, 6) is -0.783. The zero-order valence-electron chi connectivity index (χ0n) is 11.9. The topological polar surface area (TPSA) is 53.2 Å². The molecule has 3 rings (SSSR count). The fourth-order valence-electron chi connectivity index (χ4n) is 2.50. The van der Waals surface area contributed by atoms with Crippen molar-refractivity contribution in [1.29, 1.82) is 0 Å². The minimum atomic E-state index is -0.485. The highest BCUT2D eigenvalue weighted by Crippen LogP contribution is 2.28. The fraction of sp³-hybridized carbons (Fsp3) is 0.188. The summed E-state index contributed by atoms with van der Waals surface area (Å²) in [6.45, 7) is 0. The third kappa shape index (κ3) is 3.72. The van der Waals surface area contributed by atoms with Crippen molar-refractivity contribution in [3.63, 3.8) is 0 Å². The van der Waals surface area contributed by atoms with Crippen LogP contribution in [0.5, 0.6) is 0 Å². The van der Waals surface area contributed by atoms with Crippen molar-refractivity contribution in [1.82, 2.24) is 10.9 Å². The third-order valence-electron chi connectivity index (χ3n) is 3.69. The first-order valence-electron chi connectivity index (χ1n) is 7.06. The lowest BCUT2D eigenvalue weighted by Gasteiger charge is -2.12. The second kappa shape index (κ2) is 6.97. The predicted octanol–water partition coefficient (Wildman–Crippen LogP) is 3.79. The van der Waals surface area contributed by atoms with Crippen LogP contribution in [-0.4, -0.2) is 11.9 Å². The molecule has 0 radical (unpaired) electrons. The maximum atomic E-state index is 13.8. The molecule has 23 heavy (non-hydrogen) atoms. The summed E-state index contributed by atoms with van der Waals surface area (Å²) in [4.78, 5) is 12.3. The van der Waals surface area contributed by atoms with Crippen LogP contribution in [0.25, 0.3) is 0 Å². The Kier molecular flexibility index (Phi) is 4.96. The van der Waals surface area contributed by atoms with Gasteiger partial charge >= 0.3 is 0 Å². The van der Waals surface area contributed by atoms with Crippen molar-refractivity contribution >= 4 is 39.1 Å². The van der Waals surface area contributed by atoms with Gasteiger partial charge in [0, 0.05) is 15.5 Å². The normalized spacial score (nSPS) is 20.5. The largest absolute Gasteiger partial charge is 0.322 e. The Hall–Kier alpha value is -1.47. The molecule has 4 nitrogen and oxygen atoms in total. The van der Waals surface area contributed by atoms with Gasteiger partial charge in [0.2, 0.25) is 5.91 Å². The quantitative estimate of drug-likeness (QED) is 0.737. The van der Waals surface area contributed by atoms with Crippen LogP contribution in [0, 0.1) is 5.82 Å². The Morgan fingerprint density at radius 2 is 2.04 bits per heavy atom. The van der Waals surface area contributed by atoms with Gasteiger partial charge in [0.1, 0.15) is 11.9 Å². The van der Waals surface area contributed by atoms with Gasteiger partial charge in [0.25, 0.3) is 0 Å². The molecule has 1 aliphatic rings. The predicted molar refractivity (Wildman–Crippen MR) is 91.6 cm³/mol. The Balaban J connectivity index is 1.67. The molecule has 2 aromatic rings. The van der Waals surface area contributed by atoms with Gasteiger partial charge in [-0.2, -0.15) is 0 Å². The third-order valence-corrected chi connectivity index (χ3v) is 4.53. The molecule has 1 aliphatic heterocycles. The van der Waals surface area contributed by atoms with Gasteiger partial charge in [-0.05, 0) is 36.2 Å². The van der Waals surface area contributed by atoms with E-state index in [1.54, 1.807) is 6.07 Å². The van der Waals surface area contributed by atoms with E-state index in [2.05, 4.69) is 32.1 Å². The van der Waals surface area contributed by atoms with Crippen LogP contribution < -0.4 is 16.2 Å². The second-order valence-corrected chi connectivity index (χ2v) is 6.59. The summed E-state index contributed by atoms with van der Waals surface area (Å²) >= 11 is 9.36. The molecule has 0 spiro atoms. The van der Waals surface area contributed by atoms with E-state index in [1.165, 1.54) is 12.1 Å². The number of anilines is 1. The molecular formula is C16H14BrClFN3O. The molecule has 1 amide bonds. The molecule has 3 N–H and O–H groups in total. The molecule has 2 atom stereocenters. The van der Waals surface area contributed by atoms with Crippen LogP contribution in [0.4, 0.5) is 10.1 Å². The maximum Gasteiger partial charge on any atom is 0.243 e. The zero-order chi connectivity index (χ0) is 16.4. The molecule has 120 valence electrons. The smallest absolute Gasteiger partial charge is 0.243 e. The lowest BCUT2D eigenvalue weighted by atomic mass is 10.0. The van der Waals surface area contributed by atoms with Gasteiger partial charge in [-0.25, -0.2) is 15.2 Å². The zero-order valence-corrected chi connectivity index (χ0v) is 14.3. The van der Waals surface area contributed by atoms with Crippen LogP contribution in [0.15, 0.2) is 46.9 Å². The summed E-state index contributed by atoms with van der Waals surface area (Å²) in [5.41, 5.74) is 7.07. The molecule has 0 saturated carbocycles. The van der Waals surface area contributed by atoms with Gasteiger partial charge in [-0.1, -0.05) is 45.7 Å². The van der Waals surface area contributed by atoms with E-state index in [-0.39, 0.29) is 17.6 Å². The van der Waals surface area contributed by atoms with E-state index >= 15 is 0 Å². The SMILES string of the molecule is O=C(Nc1ccc(Br)cc1F)C1CC(c2ccccc2Cl)NN1. The van der Waals surface area contributed by atoms with Gasteiger partial charge in [-0.3, -0.25) is 4.79 Å². The number of carbonyl (C=O) groups excluding carboxylic acids is 1. The van der Waals surface area contributed by atoms with Crippen molar-refractivity contribution in [3.8, 4) is 0 Å². The summed E-state index contributed by atoms with van der Waals surface area (Å²) < 4.78 is 14.4. The van der Waals surface area contributed by atoms with Crippen LogP contribution in [0.1, 0.15) is 18.0 Å². The first-order valence-corrected chi connectivity index (χ1v) is 8.23. The van der Waals surface area contributed by atoms with Gasteiger partial charge < -0.3 is 5.32 Å². The highest BCUT2D eigenvalue weighted by atomic mass is 79.9. The molecule has 0 aliphatic carbocycles. The first kappa shape index (κ1) is 16.4. The number of amides is 1. The number of carbonyl (C=O) groups is 1. The number of hydrogen-bond donors (Lipinski definition) is 3. The van der Waals surface area contributed by atoms with E-state index in [4.69, 9.17) is 11.6 Å². The summed E-state index contributed by atoms with van der Waals surface area (Å²) in [5, 5.41) is 3.24. The molecule has 0 aromatic heterocycles. The van der Waals surface area contributed by atoms with Crippen molar-refractivity contribution in [2.45, 2.75) is 18.5 Å². The van der Waals surface area contributed by atoms with Gasteiger partial charge in [-0.15, -0.1) is 0 Å². The van der Waals surface area contributed by atoms with Gasteiger partial charge in [0.15, 0.2) is 0 Å². The Morgan fingerprint density at radius 1 is 1.26 bits per heavy atom. The van der Waals surface area contributed by atoms with E-state index in [9.17, 15) is 9.18 Å². The number of rotatable bonds is 3. The van der Waals surface area contributed by atoms with Crippen LogP contribution in [0.3, 0.4) is 0 Å². The Bertz CT molecular complexity index is 743. The van der Waals surface area contributed by atoms with Crippen molar-refractivity contribution < 1.29 is 9.18 Å². The van der Waals surface area contributed by atoms with E-state index in [0.717, 1.165) is 5.56 Å². The molecule has 1 fully saturated rings. The number of hydrazine groups is 1. The number of halogens is 3. The molecular weight excluding hydrogens is 385 g/mol. The minimum absolute atomic E-state index is 0.0748. The average molecular weight is 399 g/mol. The summed E-state index contributed by atoms with van der Waals surface area (Å²) in [7, 11) is 0. The van der Waals surface area contributed by atoms with E-state index in [0.29, 0.717) is 15.9 Å². The molecule has 2 unspecified atom stereocenters. The Morgan fingerprint density at radius 3 is 2.78 bits per heavy atom. The van der Waals surface area contributed by atoms with E-state index in [1.807, 2.05) is 24.3 Å². The van der Waals surface area contributed by atoms with Crippen molar-refractivity contribution in [2.75, 3.05) is 5.32 Å². The molecule has 1 saturated heterocycles. The van der Waals surface area contributed by atoms with Gasteiger partial charge in [0.05, 0.1) is 5.69 Å². The Labute approximate surface area is 146 Å². The highest BCUT2D eigenvalue weighted by molar-refractivity contribution is 9.10. The summed E-state index contributed by atoms with van der Waals surface area (Å²) in [6, 6.07) is 11.4.